The quantitative estimate of drug-likeness (QED) is 0.807. The molecule has 5 heteroatoms. The second-order valence-electron chi connectivity index (χ2n) is 4.80. The van der Waals surface area contributed by atoms with E-state index in [1.54, 1.807) is 25.1 Å². The van der Waals surface area contributed by atoms with Crippen LogP contribution in [0.2, 0.25) is 0 Å². The fourth-order valence-corrected chi connectivity index (χ4v) is 2.03. The van der Waals surface area contributed by atoms with E-state index in [1.165, 1.54) is 0 Å². The molecule has 1 aromatic rings. The molecule has 3 N–H and O–H groups in total. The maximum atomic E-state index is 12.2. The Morgan fingerprint density at radius 3 is 2.95 bits per heavy atom. The number of fused-ring (bicyclic) bond motifs is 1. The number of benzene rings is 1. The second-order valence-corrected chi connectivity index (χ2v) is 4.80. The van der Waals surface area contributed by atoms with Crippen molar-refractivity contribution in [2.75, 3.05) is 11.9 Å². The lowest BCUT2D eigenvalue weighted by Gasteiger charge is -2.23. The summed E-state index contributed by atoms with van der Waals surface area (Å²) in [6, 6.07) is 5.10. The highest BCUT2D eigenvalue weighted by molar-refractivity contribution is 6.02. The van der Waals surface area contributed by atoms with Crippen LogP contribution >= 0.6 is 0 Å². The SMILES string of the molecule is CC(CCN)C(=O)c1ccc2c(c1)NC(=O)C(C)O2. The molecular weight excluding hydrogens is 244 g/mol. The first-order chi connectivity index (χ1) is 9.02. The Bertz CT molecular complexity index is 513. The summed E-state index contributed by atoms with van der Waals surface area (Å²) in [4.78, 5) is 23.7. The van der Waals surface area contributed by atoms with E-state index in [4.69, 9.17) is 10.5 Å². The number of nitrogens with two attached hydrogens (primary N) is 1. The van der Waals surface area contributed by atoms with Crippen LogP contribution in [-0.4, -0.2) is 24.3 Å². The van der Waals surface area contributed by atoms with Crippen LogP contribution < -0.4 is 15.8 Å². The molecule has 102 valence electrons. The molecule has 0 aliphatic carbocycles. The lowest BCUT2D eigenvalue weighted by Crippen LogP contribution is -2.34. The monoisotopic (exact) mass is 262 g/mol. The Morgan fingerprint density at radius 2 is 2.26 bits per heavy atom. The zero-order valence-electron chi connectivity index (χ0n) is 11.1. The standard InChI is InChI=1S/C14H18N2O3/c1-8(5-6-15)13(17)10-3-4-12-11(7-10)16-14(18)9(2)19-12/h3-4,7-9H,5-6,15H2,1-2H3,(H,16,18). The van der Waals surface area contributed by atoms with Crippen LogP contribution in [0.4, 0.5) is 5.69 Å². The van der Waals surface area contributed by atoms with Gasteiger partial charge in [0.05, 0.1) is 5.69 Å². The number of hydrogen-bond acceptors (Lipinski definition) is 4. The molecule has 2 unspecified atom stereocenters. The number of ether oxygens (including phenoxy) is 1. The first-order valence-corrected chi connectivity index (χ1v) is 6.38. The van der Waals surface area contributed by atoms with Gasteiger partial charge in [-0.3, -0.25) is 9.59 Å². The van der Waals surface area contributed by atoms with Gasteiger partial charge in [-0.25, -0.2) is 0 Å². The van der Waals surface area contributed by atoms with E-state index in [1.807, 2.05) is 6.92 Å². The van der Waals surface area contributed by atoms with E-state index in [0.29, 0.717) is 30.0 Å². The van der Waals surface area contributed by atoms with Crippen molar-refractivity contribution in [2.24, 2.45) is 11.7 Å². The molecule has 1 aromatic carbocycles. The number of Topliss-reactive ketones (excluding diaryl/α,β-unsaturated/α-hetero) is 1. The Balaban J connectivity index is 2.24. The molecule has 19 heavy (non-hydrogen) atoms. The van der Waals surface area contributed by atoms with Gasteiger partial charge in [-0.2, -0.15) is 0 Å². The van der Waals surface area contributed by atoms with Crippen LogP contribution in [0.1, 0.15) is 30.6 Å². The van der Waals surface area contributed by atoms with Crippen molar-refractivity contribution in [3.05, 3.63) is 23.8 Å². The Labute approximate surface area is 112 Å². The summed E-state index contributed by atoms with van der Waals surface area (Å²) in [5, 5.41) is 2.73. The summed E-state index contributed by atoms with van der Waals surface area (Å²) >= 11 is 0. The highest BCUT2D eigenvalue weighted by Gasteiger charge is 2.25. The van der Waals surface area contributed by atoms with E-state index in [-0.39, 0.29) is 17.6 Å². The van der Waals surface area contributed by atoms with Crippen LogP contribution in [0.25, 0.3) is 0 Å². The molecule has 0 saturated carbocycles. The Morgan fingerprint density at radius 1 is 1.53 bits per heavy atom. The van der Waals surface area contributed by atoms with Gasteiger partial charge in [-0.05, 0) is 38.1 Å². The average molecular weight is 262 g/mol. The average Bonchev–Trinajstić information content (AvgIpc) is 2.39. The molecular formula is C14H18N2O3. The van der Waals surface area contributed by atoms with Crippen molar-refractivity contribution in [3.63, 3.8) is 0 Å². The van der Waals surface area contributed by atoms with Crippen molar-refractivity contribution in [1.29, 1.82) is 0 Å². The van der Waals surface area contributed by atoms with Crippen molar-refractivity contribution in [2.45, 2.75) is 26.4 Å². The normalized spacial score (nSPS) is 19.1. The molecule has 0 saturated heterocycles. The number of ketones is 1. The minimum atomic E-state index is -0.509. The summed E-state index contributed by atoms with van der Waals surface area (Å²) in [6.07, 6.45) is 0.140. The van der Waals surface area contributed by atoms with Gasteiger partial charge in [-0.1, -0.05) is 6.92 Å². The van der Waals surface area contributed by atoms with Gasteiger partial charge in [0.2, 0.25) is 0 Å². The zero-order chi connectivity index (χ0) is 14.0. The molecule has 0 spiro atoms. The van der Waals surface area contributed by atoms with E-state index in [2.05, 4.69) is 5.32 Å². The third kappa shape index (κ3) is 2.76. The van der Waals surface area contributed by atoms with Crippen LogP contribution in [0.5, 0.6) is 5.75 Å². The maximum absolute atomic E-state index is 12.2. The van der Waals surface area contributed by atoms with Gasteiger partial charge in [-0.15, -0.1) is 0 Å². The number of anilines is 1. The smallest absolute Gasteiger partial charge is 0.265 e. The Kier molecular flexibility index (Phi) is 3.85. The van der Waals surface area contributed by atoms with E-state index < -0.39 is 6.10 Å². The summed E-state index contributed by atoms with van der Waals surface area (Å²) < 4.78 is 5.44. The number of carbonyl (C=O) groups is 2. The third-order valence-corrected chi connectivity index (χ3v) is 3.24. The summed E-state index contributed by atoms with van der Waals surface area (Å²) in [7, 11) is 0. The predicted octanol–water partition coefficient (Wildman–Crippen LogP) is 1.57. The molecule has 0 bridgehead atoms. The molecule has 2 atom stereocenters. The summed E-state index contributed by atoms with van der Waals surface area (Å²) in [6.45, 7) is 4.02. The van der Waals surface area contributed by atoms with Gasteiger partial charge in [0.1, 0.15) is 5.75 Å². The predicted molar refractivity (Wildman–Crippen MR) is 72.3 cm³/mol. The minimum absolute atomic E-state index is 0.0288. The second kappa shape index (κ2) is 5.40. The van der Waals surface area contributed by atoms with Crippen molar-refractivity contribution >= 4 is 17.4 Å². The molecule has 5 nitrogen and oxygen atoms in total. The highest BCUT2D eigenvalue weighted by Crippen LogP contribution is 2.31. The molecule has 1 aliphatic rings. The lowest BCUT2D eigenvalue weighted by atomic mass is 9.96. The van der Waals surface area contributed by atoms with E-state index in [0.717, 1.165) is 0 Å². The number of nitrogens with one attached hydrogen (secondary N) is 1. The third-order valence-electron chi connectivity index (χ3n) is 3.24. The van der Waals surface area contributed by atoms with Gasteiger partial charge in [0, 0.05) is 11.5 Å². The van der Waals surface area contributed by atoms with Gasteiger partial charge < -0.3 is 15.8 Å². The molecule has 0 radical (unpaired) electrons. The molecule has 1 amide bonds. The zero-order valence-corrected chi connectivity index (χ0v) is 11.1. The fraction of sp³-hybridized carbons (Fsp3) is 0.429. The van der Waals surface area contributed by atoms with Gasteiger partial charge >= 0.3 is 0 Å². The fourth-order valence-electron chi connectivity index (χ4n) is 2.03. The highest BCUT2D eigenvalue weighted by atomic mass is 16.5. The molecule has 1 aliphatic heterocycles. The summed E-state index contributed by atoms with van der Waals surface area (Å²) in [5.74, 6) is 0.297. The molecule has 1 heterocycles. The van der Waals surface area contributed by atoms with Crippen LogP contribution in [0, 0.1) is 5.92 Å². The molecule has 0 fully saturated rings. The van der Waals surface area contributed by atoms with E-state index >= 15 is 0 Å². The van der Waals surface area contributed by atoms with Gasteiger partial charge in [0.15, 0.2) is 11.9 Å². The van der Waals surface area contributed by atoms with Crippen molar-refractivity contribution < 1.29 is 14.3 Å². The largest absolute Gasteiger partial charge is 0.479 e. The van der Waals surface area contributed by atoms with Crippen molar-refractivity contribution in [1.82, 2.24) is 0 Å². The molecule has 2 rings (SSSR count). The molecule has 0 aromatic heterocycles. The van der Waals surface area contributed by atoms with Crippen LogP contribution in [-0.2, 0) is 4.79 Å². The summed E-state index contributed by atoms with van der Waals surface area (Å²) in [5.41, 5.74) is 6.58. The number of carbonyl (C=O) groups excluding carboxylic acids is 2. The lowest BCUT2D eigenvalue weighted by molar-refractivity contribution is -0.122. The van der Waals surface area contributed by atoms with Crippen LogP contribution in [0.15, 0.2) is 18.2 Å². The van der Waals surface area contributed by atoms with Crippen molar-refractivity contribution in [3.8, 4) is 5.75 Å². The number of amides is 1. The maximum Gasteiger partial charge on any atom is 0.265 e. The van der Waals surface area contributed by atoms with E-state index in [9.17, 15) is 9.59 Å². The van der Waals surface area contributed by atoms with Gasteiger partial charge in [0.25, 0.3) is 5.91 Å². The number of rotatable bonds is 4. The number of hydrogen-bond donors (Lipinski definition) is 2. The first kappa shape index (κ1) is 13.5. The first-order valence-electron chi connectivity index (χ1n) is 6.38. The Hall–Kier alpha value is -1.88. The van der Waals surface area contributed by atoms with Crippen LogP contribution in [0.3, 0.4) is 0 Å². The minimum Gasteiger partial charge on any atom is -0.479 e. The topological polar surface area (TPSA) is 81.4 Å².